The molecule has 5 rings (SSSR count). The largest absolute Gasteiger partial charge is 0.444 e. The zero-order chi connectivity index (χ0) is 22.2. The Labute approximate surface area is 190 Å². The van der Waals surface area contributed by atoms with Crippen LogP contribution in [0.3, 0.4) is 0 Å². The van der Waals surface area contributed by atoms with Crippen LogP contribution in [0.25, 0.3) is 0 Å². The summed E-state index contributed by atoms with van der Waals surface area (Å²) >= 11 is 6.36. The average molecular weight is 454 g/mol. The Kier molecular flexibility index (Phi) is 5.46. The fourth-order valence-corrected chi connectivity index (χ4v) is 5.08. The van der Waals surface area contributed by atoms with Crippen molar-refractivity contribution in [2.24, 2.45) is 17.6 Å². The van der Waals surface area contributed by atoms with Crippen LogP contribution < -0.4 is 16.4 Å². The molecule has 3 aliphatic carbocycles. The lowest BCUT2D eigenvalue weighted by Crippen LogP contribution is -2.41. The van der Waals surface area contributed by atoms with Gasteiger partial charge in [0.05, 0.1) is 12.2 Å². The Balaban J connectivity index is 1.34. The average Bonchev–Trinajstić information content (AvgIpc) is 3.30. The van der Waals surface area contributed by atoms with E-state index >= 15 is 0 Å². The van der Waals surface area contributed by atoms with Crippen LogP contribution in [0.15, 0.2) is 36.5 Å². The molecule has 1 saturated carbocycles. The first-order chi connectivity index (χ1) is 15.5. The highest BCUT2D eigenvalue weighted by molar-refractivity contribution is 6.32. The van der Waals surface area contributed by atoms with Crippen LogP contribution in [0.2, 0.25) is 5.02 Å². The van der Waals surface area contributed by atoms with Crippen LogP contribution in [0, 0.1) is 11.8 Å². The van der Waals surface area contributed by atoms with Gasteiger partial charge in [0, 0.05) is 30.4 Å². The summed E-state index contributed by atoms with van der Waals surface area (Å²) in [4.78, 5) is 32.0. The fraction of sp³-hybridized carbons (Fsp3) is 0.391. The summed E-state index contributed by atoms with van der Waals surface area (Å²) in [5.74, 6) is 1.51. The van der Waals surface area contributed by atoms with Crippen molar-refractivity contribution in [1.82, 2.24) is 9.97 Å². The normalized spacial score (nSPS) is 25.8. The number of nitrogens with zero attached hydrogens (tertiary/aromatic N) is 2. The summed E-state index contributed by atoms with van der Waals surface area (Å²) < 4.78 is 5.37. The molecule has 0 radical (unpaired) electrons. The SMILES string of the molecule is NC(=O)OC1C2C=CC(C2)C1Nc1nc(Nc2ccc3c(c2)CCC(=O)CC3)ncc1Cl. The van der Waals surface area contributed by atoms with Gasteiger partial charge in [-0.05, 0) is 42.5 Å². The van der Waals surface area contributed by atoms with E-state index in [4.69, 9.17) is 22.1 Å². The molecule has 0 aliphatic heterocycles. The van der Waals surface area contributed by atoms with Crippen molar-refractivity contribution >= 4 is 40.9 Å². The van der Waals surface area contributed by atoms with E-state index in [9.17, 15) is 9.59 Å². The number of carbonyl (C=O) groups is 2. The quantitative estimate of drug-likeness (QED) is 0.465. The second-order valence-corrected chi connectivity index (χ2v) is 8.96. The van der Waals surface area contributed by atoms with Crippen LogP contribution in [-0.4, -0.2) is 34.0 Å². The van der Waals surface area contributed by atoms with Crippen molar-refractivity contribution in [1.29, 1.82) is 0 Å². The third kappa shape index (κ3) is 4.14. The standard InChI is InChI=1S/C23H24ClN5O3/c24-18-11-26-23(27-16-6-3-12-4-7-17(30)8-5-13(12)10-16)29-21(18)28-19-14-1-2-15(9-14)20(19)32-22(25)31/h1-3,6,10-11,14-15,19-20H,4-5,7-9H2,(H2,25,31)(H2,26,27,28,29). The van der Waals surface area contributed by atoms with Crippen LogP contribution in [0.4, 0.5) is 22.2 Å². The molecule has 9 heteroatoms. The summed E-state index contributed by atoms with van der Waals surface area (Å²) in [5, 5.41) is 6.95. The number of benzene rings is 1. The molecule has 3 aliphatic rings. The number of fused-ring (bicyclic) bond motifs is 3. The molecule has 2 aromatic rings. The maximum absolute atomic E-state index is 11.8. The lowest BCUT2D eigenvalue weighted by molar-refractivity contribution is -0.118. The summed E-state index contributed by atoms with van der Waals surface area (Å²) in [6, 6.07) is 5.91. The number of hydrogen-bond acceptors (Lipinski definition) is 7. The van der Waals surface area contributed by atoms with Crippen molar-refractivity contribution in [3.63, 3.8) is 0 Å². The van der Waals surface area contributed by atoms with Crippen molar-refractivity contribution in [2.45, 2.75) is 44.2 Å². The van der Waals surface area contributed by atoms with E-state index in [1.54, 1.807) is 0 Å². The van der Waals surface area contributed by atoms with Gasteiger partial charge in [-0.2, -0.15) is 4.98 Å². The molecule has 1 heterocycles. The van der Waals surface area contributed by atoms with Gasteiger partial charge in [-0.3, -0.25) is 4.79 Å². The number of anilines is 3. The second kappa shape index (κ2) is 8.43. The molecule has 1 aromatic heterocycles. The number of halogens is 1. The number of ether oxygens (including phenoxy) is 1. The number of ketones is 1. The minimum atomic E-state index is -0.788. The second-order valence-electron chi connectivity index (χ2n) is 8.56. The summed E-state index contributed by atoms with van der Waals surface area (Å²) in [6.45, 7) is 0. The highest BCUT2D eigenvalue weighted by Gasteiger charge is 2.47. The van der Waals surface area contributed by atoms with Gasteiger partial charge in [0.25, 0.3) is 0 Å². The lowest BCUT2D eigenvalue weighted by atomic mass is 9.98. The Morgan fingerprint density at radius 1 is 1.12 bits per heavy atom. The summed E-state index contributed by atoms with van der Waals surface area (Å²) in [7, 11) is 0. The van der Waals surface area contributed by atoms with E-state index in [1.165, 1.54) is 17.3 Å². The number of carbonyl (C=O) groups excluding carboxylic acids is 2. The predicted molar refractivity (Wildman–Crippen MR) is 121 cm³/mol. The number of hydrogen-bond donors (Lipinski definition) is 3. The highest BCUT2D eigenvalue weighted by atomic mass is 35.5. The van der Waals surface area contributed by atoms with Gasteiger partial charge < -0.3 is 21.1 Å². The Bertz CT molecular complexity index is 1110. The van der Waals surface area contributed by atoms with E-state index in [-0.39, 0.29) is 24.0 Å². The number of amides is 1. The smallest absolute Gasteiger partial charge is 0.404 e. The first kappa shape index (κ1) is 20.8. The van der Waals surface area contributed by atoms with Crippen LogP contribution >= 0.6 is 11.6 Å². The summed E-state index contributed by atoms with van der Waals surface area (Å²) in [5.41, 5.74) is 8.51. The van der Waals surface area contributed by atoms with Gasteiger partial charge in [0.1, 0.15) is 16.9 Å². The first-order valence-electron chi connectivity index (χ1n) is 10.8. The number of aryl methyl sites for hydroxylation is 2. The molecule has 1 aromatic carbocycles. The topological polar surface area (TPSA) is 119 Å². The predicted octanol–water partition coefficient (Wildman–Crippen LogP) is 3.77. The Morgan fingerprint density at radius 2 is 1.91 bits per heavy atom. The molecule has 4 N–H and O–H groups in total. The maximum atomic E-state index is 11.8. The maximum Gasteiger partial charge on any atom is 0.404 e. The van der Waals surface area contributed by atoms with Gasteiger partial charge in [0.2, 0.25) is 5.95 Å². The van der Waals surface area contributed by atoms with Crippen LogP contribution in [0.1, 0.15) is 30.4 Å². The number of aromatic nitrogens is 2. The molecule has 1 fully saturated rings. The molecule has 166 valence electrons. The van der Waals surface area contributed by atoms with Gasteiger partial charge in [-0.25, -0.2) is 9.78 Å². The summed E-state index contributed by atoms with van der Waals surface area (Å²) in [6.07, 6.45) is 8.18. The zero-order valence-electron chi connectivity index (χ0n) is 17.4. The molecule has 0 saturated heterocycles. The van der Waals surface area contributed by atoms with Crippen molar-refractivity contribution < 1.29 is 14.3 Å². The van der Waals surface area contributed by atoms with E-state index in [1.807, 2.05) is 6.07 Å². The monoisotopic (exact) mass is 453 g/mol. The van der Waals surface area contributed by atoms with Gasteiger partial charge in [-0.1, -0.05) is 29.8 Å². The minimum absolute atomic E-state index is 0.134. The van der Waals surface area contributed by atoms with Crippen LogP contribution in [0.5, 0.6) is 0 Å². The van der Waals surface area contributed by atoms with E-state index in [0.29, 0.717) is 35.4 Å². The Hall–Kier alpha value is -3.13. The van der Waals surface area contributed by atoms with Crippen molar-refractivity contribution in [3.05, 3.63) is 52.7 Å². The molecule has 32 heavy (non-hydrogen) atoms. The van der Waals surface area contributed by atoms with Crippen molar-refractivity contribution in [2.75, 3.05) is 10.6 Å². The first-order valence-corrected chi connectivity index (χ1v) is 11.2. The van der Waals surface area contributed by atoms with Gasteiger partial charge in [0.15, 0.2) is 5.82 Å². The number of Topliss-reactive ketones (excluding diaryl/α,β-unsaturated/α-hetero) is 1. The van der Waals surface area contributed by atoms with Crippen molar-refractivity contribution in [3.8, 4) is 0 Å². The van der Waals surface area contributed by atoms with E-state index in [0.717, 1.165) is 24.9 Å². The van der Waals surface area contributed by atoms with Crippen LogP contribution in [-0.2, 0) is 22.4 Å². The van der Waals surface area contributed by atoms with Gasteiger partial charge in [-0.15, -0.1) is 0 Å². The molecular weight excluding hydrogens is 430 g/mol. The Morgan fingerprint density at radius 3 is 2.72 bits per heavy atom. The number of nitrogens with one attached hydrogen (secondary N) is 2. The zero-order valence-corrected chi connectivity index (χ0v) is 18.1. The molecule has 1 amide bonds. The van der Waals surface area contributed by atoms with Gasteiger partial charge >= 0.3 is 6.09 Å². The molecule has 4 unspecified atom stereocenters. The van der Waals surface area contributed by atoms with E-state index in [2.05, 4.69) is 44.9 Å². The lowest BCUT2D eigenvalue weighted by Gasteiger charge is -2.28. The minimum Gasteiger partial charge on any atom is -0.444 e. The fourth-order valence-electron chi connectivity index (χ4n) is 4.93. The molecule has 2 bridgehead atoms. The van der Waals surface area contributed by atoms with E-state index < -0.39 is 6.09 Å². The number of primary amides is 1. The molecule has 0 spiro atoms. The third-order valence-corrected chi connectivity index (χ3v) is 6.77. The molecule has 4 atom stereocenters. The third-order valence-electron chi connectivity index (χ3n) is 6.50. The molecule has 8 nitrogen and oxygen atoms in total. The number of nitrogens with two attached hydrogens (primary N) is 1. The highest BCUT2D eigenvalue weighted by Crippen LogP contribution is 2.43. The number of rotatable bonds is 5. The molecular formula is C23H24ClN5O3.